The van der Waals surface area contributed by atoms with Gasteiger partial charge in [-0.3, -0.25) is 0 Å². The topological polar surface area (TPSA) is 59.2 Å². The van der Waals surface area contributed by atoms with Gasteiger partial charge in [0.15, 0.2) is 5.82 Å². The van der Waals surface area contributed by atoms with Crippen molar-refractivity contribution in [2.45, 2.75) is 20.0 Å². The van der Waals surface area contributed by atoms with Crippen LogP contribution in [-0.4, -0.2) is 15.1 Å². The molecule has 1 N–H and O–H groups in total. The summed E-state index contributed by atoms with van der Waals surface area (Å²) in [6, 6.07) is 7.78. The highest BCUT2D eigenvalue weighted by molar-refractivity contribution is 5.91. The van der Waals surface area contributed by atoms with Crippen molar-refractivity contribution >= 4 is 11.0 Å². The summed E-state index contributed by atoms with van der Waals surface area (Å²) in [6.07, 6.45) is 2.78. The van der Waals surface area contributed by atoms with E-state index in [0.717, 1.165) is 27.8 Å². The predicted octanol–water partition coefficient (Wildman–Crippen LogP) is 3.25. The number of aliphatic hydroxyl groups excluding tert-OH is 1. The maximum atomic E-state index is 9.60. The summed E-state index contributed by atoms with van der Waals surface area (Å²) in [6.45, 7) is 3.58. The number of aromatic nitrogens is 2. The Balaban J connectivity index is 2.14. The third-order valence-corrected chi connectivity index (χ3v) is 3.19. The first kappa shape index (κ1) is 11.9. The zero-order chi connectivity index (χ0) is 13.4. The minimum Gasteiger partial charge on any atom is -0.464 e. The van der Waals surface area contributed by atoms with Crippen LogP contribution in [0.25, 0.3) is 22.4 Å². The van der Waals surface area contributed by atoms with Crippen LogP contribution in [0.15, 0.2) is 41.1 Å². The molecule has 4 heteroatoms. The molecule has 0 bridgehead atoms. The fraction of sp³-hybridized carbons (Fsp3) is 0.200. The highest BCUT2D eigenvalue weighted by Crippen LogP contribution is 2.28. The van der Waals surface area contributed by atoms with Crippen molar-refractivity contribution in [2.75, 3.05) is 0 Å². The summed E-state index contributed by atoms with van der Waals surface area (Å²) in [5.74, 6) is 0.617. The lowest BCUT2D eigenvalue weighted by Gasteiger charge is -2.08. The summed E-state index contributed by atoms with van der Waals surface area (Å²) >= 11 is 0. The van der Waals surface area contributed by atoms with E-state index in [-0.39, 0.29) is 0 Å². The minimum atomic E-state index is -0.560. The van der Waals surface area contributed by atoms with E-state index in [1.807, 2.05) is 31.2 Å². The Hall–Kier alpha value is -2.20. The van der Waals surface area contributed by atoms with E-state index in [1.165, 1.54) is 0 Å². The van der Waals surface area contributed by atoms with E-state index in [1.54, 1.807) is 19.4 Å². The third kappa shape index (κ3) is 2.00. The fourth-order valence-corrected chi connectivity index (χ4v) is 2.17. The molecule has 3 rings (SSSR count). The van der Waals surface area contributed by atoms with Gasteiger partial charge in [-0.05, 0) is 19.9 Å². The number of nitrogens with zero attached hydrogens (tertiary/aromatic N) is 2. The van der Waals surface area contributed by atoms with Crippen molar-refractivity contribution < 1.29 is 9.52 Å². The molecule has 2 aromatic heterocycles. The zero-order valence-electron chi connectivity index (χ0n) is 10.8. The zero-order valence-corrected chi connectivity index (χ0v) is 10.8. The summed E-state index contributed by atoms with van der Waals surface area (Å²) in [5, 5.41) is 10.6. The molecule has 0 fully saturated rings. The summed E-state index contributed by atoms with van der Waals surface area (Å²) in [7, 11) is 0. The predicted molar refractivity (Wildman–Crippen MR) is 72.6 cm³/mol. The molecule has 0 unspecified atom stereocenters. The molecule has 0 spiro atoms. The van der Waals surface area contributed by atoms with Crippen LogP contribution < -0.4 is 0 Å². The quantitative estimate of drug-likeness (QED) is 0.762. The third-order valence-electron chi connectivity index (χ3n) is 3.19. The molecule has 19 heavy (non-hydrogen) atoms. The number of rotatable bonds is 2. The number of fused-ring (bicyclic) bond motifs is 1. The molecule has 0 saturated carbocycles. The molecule has 4 nitrogen and oxygen atoms in total. The number of hydrogen-bond acceptors (Lipinski definition) is 4. The van der Waals surface area contributed by atoms with Crippen molar-refractivity contribution in [3.8, 4) is 11.4 Å². The van der Waals surface area contributed by atoms with Crippen LogP contribution in [0.5, 0.6) is 0 Å². The van der Waals surface area contributed by atoms with E-state index in [9.17, 15) is 5.11 Å². The fourth-order valence-electron chi connectivity index (χ4n) is 2.17. The van der Waals surface area contributed by atoms with Gasteiger partial charge in [-0.2, -0.15) is 0 Å². The molecule has 3 aromatic rings. The van der Waals surface area contributed by atoms with Crippen molar-refractivity contribution in [1.82, 2.24) is 9.97 Å². The second-order valence-corrected chi connectivity index (χ2v) is 4.56. The molecule has 0 saturated heterocycles. The summed E-state index contributed by atoms with van der Waals surface area (Å²) < 4.78 is 5.49. The number of para-hydroxylation sites is 1. The van der Waals surface area contributed by atoms with Gasteiger partial charge < -0.3 is 9.52 Å². The van der Waals surface area contributed by atoms with Crippen LogP contribution >= 0.6 is 0 Å². The van der Waals surface area contributed by atoms with Crippen LogP contribution in [-0.2, 0) is 0 Å². The number of hydrogen-bond donors (Lipinski definition) is 1. The van der Waals surface area contributed by atoms with Crippen LogP contribution in [0.4, 0.5) is 0 Å². The average Bonchev–Trinajstić information content (AvgIpc) is 2.82. The van der Waals surface area contributed by atoms with Crippen molar-refractivity contribution in [2.24, 2.45) is 0 Å². The molecule has 0 aliphatic carbocycles. The van der Waals surface area contributed by atoms with E-state index in [4.69, 9.17) is 4.42 Å². The van der Waals surface area contributed by atoms with Crippen LogP contribution in [0, 0.1) is 6.92 Å². The lowest BCUT2D eigenvalue weighted by molar-refractivity contribution is 0.197. The number of aryl methyl sites for hydroxylation is 1. The Morgan fingerprint density at radius 1 is 1.26 bits per heavy atom. The molecule has 0 aliphatic rings. The first-order valence-corrected chi connectivity index (χ1v) is 6.15. The van der Waals surface area contributed by atoms with Gasteiger partial charge in [0.1, 0.15) is 11.8 Å². The molecule has 2 heterocycles. The van der Waals surface area contributed by atoms with Gasteiger partial charge in [0.05, 0.1) is 11.7 Å². The van der Waals surface area contributed by atoms with Gasteiger partial charge in [-0.1, -0.05) is 18.2 Å². The number of benzene rings is 1. The Kier molecular flexibility index (Phi) is 2.80. The Labute approximate surface area is 110 Å². The molecule has 1 aromatic carbocycles. The Morgan fingerprint density at radius 2 is 2.05 bits per heavy atom. The Bertz CT molecular complexity index is 732. The molecule has 1 atom stereocenters. The van der Waals surface area contributed by atoms with Crippen LogP contribution in [0.1, 0.15) is 24.3 Å². The van der Waals surface area contributed by atoms with E-state index < -0.39 is 6.10 Å². The highest BCUT2D eigenvalue weighted by Gasteiger charge is 2.13. The van der Waals surface area contributed by atoms with E-state index in [0.29, 0.717) is 5.82 Å². The van der Waals surface area contributed by atoms with E-state index in [2.05, 4.69) is 9.97 Å². The normalized spacial score (nSPS) is 12.8. The summed E-state index contributed by atoms with van der Waals surface area (Å²) in [5.41, 5.74) is 3.22. The molecule has 0 amide bonds. The van der Waals surface area contributed by atoms with Gasteiger partial charge in [-0.15, -0.1) is 0 Å². The molecule has 0 aliphatic heterocycles. The second kappa shape index (κ2) is 4.48. The molecule has 0 radical (unpaired) electrons. The molecular formula is C15H14N2O2. The monoisotopic (exact) mass is 254 g/mol. The van der Waals surface area contributed by atoms with Crippen LogP contribution in [0.3, 0.4) is 0 Å². The number of furan rings is 1. The first-order valence-electron chi connectivity index (χ1n) is 6.15. The largest absolute Gasteiger partial charge is 0.464 e. The van der Waals surface area contributed by atoms with Crippen molar-refractivity contribution in [1.29, 1.82) is 0 Å². The SMILES string of the molecule is Cc1nc(-c2coc3ccccc23)ncc1[C@H](C)O. The maximum absolute atomic E-state index is 9.60. The van der Waals surface area contributed by atoms with Gasteiger partial charge in [0.2, 0.25) is 0 Å². The first-order chi connectivity index (χ1) is 9.16. The van der Waals surface area contributed by atoms with Crippen molar-refractivity contribution in [3.63, 3.8) is 0 Å². The average molecular weight is 254 g/mol. The standard InChI is InChI=1S/C15H14N2O2/c1-9-12(10(2)18)7-16-15(17-9)13-8-19-14-6-4-3-5-11(13)14/h3-8,10,18H,1-2H3/t10-/m0/s1. The molecular weight excluding hydrogens is 240 g/mol. The smallest absolute Gasteiger partial charge is 0.163 e. The Morgan fingerprint density at radius 3 is 2.79 bits per heavy atom. The number of aliphatic hydroxyl groups is 1. The van der Waals surface area contributed by atoms with Gasteiger partial charge >= 0.3 is 0 Å². The lowest BCUT2D eigenvalue weighted by atomic mass is 10.1. The van der Waals surface area contributed by atoms with Gasteiger partial charge in [0.25, 0.3) is 0 Å². The summed E-state index contributed by atoms with van der Waals surface area (Å²) in [4.78, 5) is 8.78. The van der Waals surface area contributed by atoms with E-state index >= 15 is 0 Å². The lowest BCUT2D eigenvalue weighted by Crippen LogP contribution is -2.00. The van der Waals surface area contributed by atoms with Crippen LogP contribution in [0.2, 0.25) is 0 Å². The molecule has 96 valence electrons. The van der Waals surface area contributed by atoms with Crippen molar-refractivity contribution in [3.05, 3.63) is 48.0 Å². The second-order valence-electron chi connectivity index (χ2n) is 4.56. The maximum Gasteiger partial charge on any atom is 0.163 e. The highest BCUT2D eigenvalue weighted by atomic mass is 16.3. The van der Waals surface area contributed by atoms with Gasteiger partial charge in [-0.25, -0.2) is 9.97 Å². The minimum absolute atomic E-state index is 0.560. The van der Waals surface area contributed by atoms with Gasteiger partial charge in [0, 0.05) is 22.8 Å².